The number of hydrogen-bond donors (Lipinski definition) is 0. The molecule has 4 aliphatic rings. The SMILES string of the molecule is C=II.[B][C@@H]1O[C@H](COC)[CH-]C1C.[B][C@@H]1O[C@H](COPOC2C(C)[C@H]([B])O[C@@H]2[CH2-])[CH-]C1C.[B][C@@H]1O[C@H]([CH2-])C(OC)C1C.[CH3-].[CH3-].[W+2].[W+2].[Y].[Y].[Y].[Y].[Y].[Y]. The zero-order valence-electron chi connectivity index (χ0n) is 31.9. The smallest absolute Gasteiger partial charge is 0.417 e. The molecule has 4 rings (SSSR count). The van der Waals surface area contributed by atoms with Crippen LogP contribution in [0.1, 0.15) is 27.7 Å². The van der Waals surface area contributed by atoms with Gasteiger partial charge in [-0.25, -0.2) is 0 Å². The Bertz CT molecular complexity index is 762. The zero-order chi connectivity index (χ0) is 32.0. The van der Waals surface area contributed by atoms with Gasteiger partial charge in [-0.3, -0.25) is 12.8 Å². The maximum atomic E-state index is 5.77. The van der Waals surface area contributed by atoms with Crippen molar-refractivity contribution in [2.45, 2.75) is 88.3 Å². The van der Waals surface area contributed by atoms with Crippen LogP contribution in [-0.4, -0.2) is 124 Å². The predicted octanol–water partition coefficient (Wildman–Crippen LogP) is 4.35. The van der Waals surface area contributed by atoms with Crippen molar-refractivity contribution in [1.29, 1.82) is 0 Å². The van der Waals surface area contributed by atoms with Crippen LogP contribution in [0.25, 0.3) is 0 Å². The van der Waals surface area contributed by atoms with E-state index in [4.69, 9.17) is 68.9 Å². The van der Waals surface area contributed by atoms with Crippen LogP contribution in [0.15, 0.2) is 0 Å². The molecular weight excluding hydrogens is 1710 g/mol. The van der Waals surface area contributed by atoms with Crippen LogP contribution < -0.4 is 0 Å². The van der Waals surface area contributed by atoms with Crippen molar-refractivity contribution in [3.63, 3.8) is 0 Å². The van der Waals surface area contributed by atoms with Gasteiger partial charge in [-0.1, -0.05) is 49.0 Å². The average Bonchev–Trinajstić information content (AvgIpc) is 3.58. The Labute approximate surface area is 525 Å². The minimum absolute atomic E-state index is 0. The first-order valence-corrected chi connectivity index (χ1v) is 22.5. The quantitative estimate of drug-likeness (QED) is 0.117. The summed E-state index contributed by atoms with van der Waals surface area (Å²) in [5.74, 6) is 0.956. The number of ether oxygens (including phenoxy) is 6. The molecule has 0 aliphatic carbocycles. The molecule has 0 aromatic carbocycles. The molecule has 0 N–H and O–H groups in total. The topological polar surface area (TPSA) is 73.8 Å². The second-order valence-electron chi connectivity index (χ2n) is 10.6. The maximum absolute atomic E-state index is 5.77. The monoisotopic (exact) mass is 1760 g/mol. The Morgan fingerprint density at radius 2 is 1.04 bits per heavy atom. The number of methoxy groups -OCH3 is 2. The summed E-state index contributed by atoms with van der Waals surface area (Å²) in [6.45, 7) is 16.7. The van der Waals surface area contributed by atoms with Gasteiger partial charge in [0.1, 0.15) is 31.4 Å². The van der Waals surface area contributed by atoms with Crippen LogP contribution in [0.4, 0.5) is 0 Å². The van der Waals surface area contributed by atoms with Crippen molar-refractivity contribution in [3.8, 4) is 0 Å². The summed E-state index contributed by atoms with van der Waals surface area (Å²) >= 11 is 2.60. The minimum Gasteiger partial charge on any atom is -0.417 e. The van der Waals surface area contributed by atoms with Gasteiger partial charge in [-0.05, 0) is 66.9 Å². The van der Waals surface area contributed by atoms with E-state index < -0.39 is 0 Å². The fourth-order valence-corrected chi connectivity index (χ4v) is 5.38. The third-order valence-electron chi connectivity index (χ3n) is 7.30. The van der Waals surface area contributed by atoms with Gasteiger partial charge in [0.15, 0.2) is 9.03 Å². The van der Waals surface area contributed by atoms with Gasteiger partial charge < -0.3 is 66.2 Å². The van der Waals surface area contributed by atoms with Crippen molar-refractivity contribution in [1.82, 2.24) is 0 Å². The Hall–Kier alpha value is 9.70. The van der Waals surface area contributed by atoms with Crippen LogP contribution in [0.3, 0.4) is 0 Å². The van der Waals surface area contributed by atoms with E-state index in [1.54, 1.807) is 14.2 Å². The normalized spacial score (nSPS) is 34.6. The average molecular weight is 1760 g/mol. The molecule has 278 valence electrons. The third-order valence-corrected chi connectivity index (χ3v) is 7.95. The van der Waals surface area contributed by atoms with E-state index in [1.165, 1.54) is 0 Å². The van der Waals surface area contributed by atoms with E-state index >= 15 is 0 Å². The molecule has 0 spiro atoms. The first kappa shape index (κ1) is 85.1. The van der Waals surface area contributed by atoms with Gasteiger partial charge in [0.05, 0.1) is 18.8 Å². The standard InChI is InChI=1S/C12H19B2O4P.2C7H12BO2.CH2I2.2CH3.2W.6Y/c1-6-4-9(17-11(6)13)5-15-19-18-10-7(2)12(14)16-8(10)3;1-5-3-6(4-9-2)10-7(5)8;1-4-6(9-3)5(2)10-7(4)8;1-3-2;;;;;;;;;;/h4,6-12,19H,3,5H2,1-2H3;3,5-7H,4H2,1-2H3;4-7H,2H2,1,3H3;1H2;2*1H3;;;;;;;;/q-2;2*-1;;2*-1;2*+2;;;;;;/t6?,7?,8-,9+,10?,11-,12-;5?,6-,7+;4?,5-,6?,7-;;;;;;;;;;;/m101.........../s1. The van der Waals surface area contributed by atoms with Crippen LogP contribution in [-0.2, 0) is 276 Å². The second kappa shape index (κ2) is 50.1. The van der Waals surface area contributed by atoms with Crippen LogP contribution >= 0.6 is 44.4 Å². The van der Waals surface area contributed by atoms with E-state index in [0.717, 1.165) is 0 Å². The molecule has 23 heteroatoms. The molecule has 0 bridgehead atoms. The molecule has 0 aromatic rings. The van der Waals surface area contributed by atoms with Gasteiger partial charge in [-0.15, -0.1) is 0 Å². The molecular formula is C29H51B4I2O8PW2Y6-2. The van der Waals surface area contributed by atoms with Crippen LogP contribution in [0.5, 0.6) is 0 Å². The summed E-state index contributed by atoms with van der Waals surface area (Å²) in [7, 11) is 25.9. The van der Waals surface area contributed by atoms with Crippen molar-refractivity contribution in [3.05, 3.63) is 41.5 Å². The Morgan fingerprint density at radius 3 is 1.29 bits per heavy atom. The molecule has 8 nitrogen and oxygen atoms in total. The van der Waals surface area contributed by atoms with Gasteiger partial charge in [0.25, 0.3) is 0 Å². The summed E-state index contributed by atoms with van der Waals surface area (Å²) < 4.78 is 46.2. The maximum Gasteiger partial charge on any atom is 2.00 e. The largest absolute Gasteiger partial charge is 2.00 e. The Balaban J connectivity index is -0.0000000590. The molecule has 4 fully saturated rings. The van der Waals surface area contributed by atoms with Crippen molar-refractivity contribution >= 4 is 80.3 Å². The molecule has 4 aliphatic heterocycles. The molecule has 7 unspecified atom stereocenters. The molecule has 0 amide bonds. The van der Waals surface area contributed by atoms with Gasteiger partial charge in [0, 0.05) is 229 Å². The zero-order valence-corrected chi connectivity index (χ0v) is 60.1. The molecule has 15 atom stereocenters. The minimum atomic E-state index is -0.317. The molecule has 52 heavy (non-hydrogen) atoms. The van der Waals surface area contributed by atoms with Crippen molar-refractivity contribution < 1.29 is 276 Å². The molecule has 4 heterocycles. The number of halogens is 2. The molecule has 0 saturated carbocycles. The van der Waals surface area contributed by atoms with E-state index in [0.29, 0.717) is 35.9 Å². The fraction of sp³-hybridized carbons (Fsp3) is 0.759. The van der Waals surface area contributed by atoms with Crippen LogP contribution in [0, 0.1) is 65.2 Å². The van der Waals surface area contributed by atoms with E-state index in [1.807, 2.05) is 27.7 Å². The van der Waals surface area contributed by atoms with Crippen molar-refractivity contribution in [2.24, 2.45) is 23.7 Å². The van der Waals surface area contributed by atoms with Gasteiger partial charge in [0.2, 0.25) is 0 Å². The van der Waals surface area contributed by atoms with Crippen molar-refractivity contribution in [2.75, 3.05) is 27.4 Å². The molecule has 4 saturated heterocycles. The number of hydrogen-bond acceptors (Lipinski definition) is 8. The van der Waals surface area contributed by atoms with E-state index in [2.05, 4.69) is 49.8 Å². The van der Waals surface area contributed by atoms with E-state index in [-0.39, 0.29) is 341 Å². The predicted molar refractivity (Wildman–Crippen MR) is 203 cm³/mol. The first-order valence-electron chi connectivity index (χ1n) is 13.8. The second-order valence-corrected chi connectivity index (χ2v) is 15.7. The summed E-state index contributed by atoms with van der Waals surface area (Å²) in [5, 5.41) is 0. The fourth-order valence-electron chi connectivity index (χ4n) is 4.61. The summed E-state index contributed by atoms with van der Waals surface area (Å²) in [4.78, 5) is 0. The Kier molecular flexibility index (Phi) is 82.0. The van der Waals surface area contributed by atoms with E-state index in [9.17, 15) is 0 Å². The first-order chi connectivity index (χ1) is 19.8. The number of rotatable bonds is 8. The van der Waals surface area contributed by atoms with Gasteiger partial charge >= 0.3 is 42.1 Å². The molecule has 14 radical (unpaired) electrons. The van der Waals surface area contributed by atoms with Gasteiger partial charge in [-0.2, -0.15) is 11.8 Å². The summed E-state index contributed by atoms with van der Waals surface area (Å²) in [6.07, 6.45) is 3.73. The third kappa shape index (κ3) is 34.1. The molecule has 0 aromatic heterocycles. The Morgan fingerprint density at radius 1 is 0.692 bits per heavy atom. The summed E-state index contributed by atoms with van der Waals surface area (Å²) in [5.41, 5.74) is 0. The summed E-state index contributed by atoms with van der Waals surface area (Å²) in [6, 6.07) is -0.904. The van der Waals surface area contributed by atoms with Crippen LogP contribution in [0.2, 0.25) is 0 Å².